The van der Waals surface area contributed by atoms with Gasteiger partial charge in [-0.3, -0.25) is 14.5 Å². The van der Waals surface area contributed by atoms with Crippen LogP contribution in [-0.4, -0.2) is 24.2 Å². The molecule has 1 aliphatic rings. The van der Waals surface area contributed by atoms with Gasteiger partial charge in [0, 0.05) is 16.9 Å². The molecule has 3 aromatic rings. The maximum atomic E-state index is 12.6. The van der Waals surface area contributed by atoms with E-state index in [1.165, 1.54) is 0 Å². The first-order chi connectivity index (χ1) is 14.7. The number of thioether (sulfide) groups is 1. The highest BCUT2D eigenvalue weighted by molar-refractivity contribution is 8.00. The van der Waals surface area contributed by atoms with Gasteiger partial charge in [-0.2, -0.15) is 0 Å². The standard InChI is InChI=1S/C24H22N2O3S/c1-2-29-21-13-11-20(12-14-21)26-22(27)16-30-24(26)18-9-6-10-19(15-18)25-23(28)17-7-4-3-5-8-17/h3-15,24H,2,16H2,1H3,(H,25,28)/t24-/m1/s1. The highest BCUT2D eigenvalue weighted by Gasteiger charge is 2.34. The summed E-state index contributed by atoms with van der Waals surface area (Å²) in [6, 6.07) is 24.3. The number of carbonyl (C=O) groups excluding carboxylic acids is 2. The third-order valence-corrected chi connectivity index (χ3v) is 5.97. The number of hydrogen-bond donors (Lipinski definition) is 1. The summed E-state index contributed by atoms with van der Waals surface area (Å²) < 4.78 is 5.50. The molecule has 0 unspecified atom stereocenters. The van der Waals surface area contributed by atoms with Crippen LogP contribution in [0, 0.1) is 0 Å². The Morgan fingerprint density at radius 2 is 1.83 bits per heavy atom. The molecule has 3 aromatic carbocycles. The molecule has 0 spiro atoms. The van der Waals surface area contributed by atoms with Crippen LogP contribution >= 0.6 is 11.8 Å². The van der Waals surface area contributed by atoms with Crippen LogP contribution in [0.5, 0.6) is 5.75 Å². The fraction of sp³-hybridized carbons (Fsp3) is 0.167. The van der Waals surface area contributed by atoms with E-state index in [9.17, 15) is 9.59 Å². The van der Waals surface area contributed by atoms with Gasteiger partial charge in [-0.1, -0.05) is 30.3 Å². The second-order valence-corrected chi connectivity index (χ2v) is 7.87. The number of rotatable bonds is 6. The van der Waals surface area contributed by atoms with Crippen LogP contribution in [-0.2, 0) is 4.79 Å². The van der Waals surface area contributed by atoms with Gasteiger partial charge >= 0.3 is 0 Å². The minimum Gasteiger partial charge on any atom is -0.494 e. The number of carbonyl (C=O) groups is 2. The Hall–Kier alpha value is -3.25. The zero-order valence-electron chi connectivity index (χ0n) is 16.6. The summed E-state index contributed by atoms with van der Waals surface area (Å²) >= 11 is 1.58. The highest BCUT2D eigenvalue weighted by Crippen LogP contribution is 2.42. The lowest BCUT2D eigenvalue weighted by atomic mass is 10.1. The minimum atomic E-state index is -0.161. The third kappa shape index (κ3) is 4.33. The molecule has 0 aliphatic carbocycles. The summed E-state index contributed by atoms with van der Waals surface area (Å²) in [5.74, 6) is 1.10. The molecule has 0 bridgehead atoms. The molecule has 2 amide bonds. The van der Waals surface area contributed by atoms with Gasteiger partial charge in [0.2, 0.25) is 5.91 Å². The largest absolute Gasteiger partial charge is 0.494 e. The lowest BCUT2D eigenvalue weighted by molar-refractivity contribution is -0.115. The molecular formula is C24H22N2O3S. The van der Waals surface area contributed by atoms with Crippen LogP contribution in [0.25, 0.3) is 0 Å². The number of benzene rings is 3. The van der Waals surface area contributed by atoms with Crippen molar-refractivity contribution < 1.29 is 14.3 Å². The summed E-state index contributed by atoms with van der Waals surface area (Å²) in [6.07, 6.45) is 0. The summed E-state index contributed by atoms with van der Waals surface area (Å²) in [6.45, 7) is 2.54. The summed E-state index contributed by atoms with van der Waals surface area (Å²) in [5.41, 5.74) is 3.10. The van der Waals surface area contributed by atoms with Gasteiger partial charge in [0.15, 0.2) is 0 Å². The van der Waals surface area contributed by atoms with E-state index in [0.29, 0.717) is 23.6 Å². The van der Waals surface area contributed by atoms with E-state index in [0.717, 1.165) is 17.0 Å². The fourth-order valence-corrected chi connectivity index (χ4v) is 4.55. The van der Waals surface area contributed by atoms with Gasteiger partial charge in [-0.25, -0.2) is 0 Å². The van der Waals surface area contributed by atoms with E-state index in [2.05, 4.69) is 5.32 Å². The molecule has 152 valence electrons. The smallest absolute Gasteiger partial charge is 0.255 e. The van der Waals surface area contributed by atoms with Gasteiger partial charge in [0.05, 0.1) is 12.4 Å². The molecule has 1 aliphatic heterocycles. The molecule has 30 heavy (non-hydrogen) atoms. The van der Waals surface area contributed by atoms with Gasteiger partial charge in [0.1, 0.15) is 11.1 Å². The van der Waals surface area contributed by atoms with E-state index >= 15 is 0 Å². The predicted octanol–water partition coefficient (Wildman–Crippen LogP) is 5.12. The predicted molar refractivity (Wildman–Crippen MR) is 121 cm³/mol. The Kier molecular flexibility index (Phi) is 6.05. The number of nitrogens with zero attached hydrogens (tertiary/aromatic N) is 1. The lowest BCUT2D eigenvalue weighted by Gasteiger charge is -2.25. The topological polar surface area (TPSA) is 58.6 Å². The first kappa shape index (κ1) is 20.0. The van der Waals surface area contributed by atoms with Crippen LogP contribution < -0.4 is 15.0 Å². The van der Waals surface area contributed by atoms with E-state index in [1.54, 1.807) is 28.8 Å². The summed E-state index contributed by atoms with van der Waals surface area (Å²) in [4.78, 5) is 26.9. The number of ether oxygens (including phenoxy) is 1. The Balaban J connectivity index is 1.56. The zero-order valence-corrected chi connectivity index (χ0v) is 17.4. The van der Waals surface area contributed by atoms with Crippen molar-refractivity contribution in [3.05, 3.63) is 90.0 Å². The Bertz CT molecular complexity index is 1040. The van der Waals surface area contributed by atoms with Gasteiger partial charge < -0.3 is 10.1 Å². The summed E-state index contributed by atoms with van der Waals surface area (Å²) in [5, 5.41) is 2.79. The lowest BCUT2D eigenvalue weighted by Crippen LogP contribution is -2.27. The number of amides is 2. The van der Waals surface area contributed by atoms with Gasteiger partial charge in [0.25, 0.3) is 5.91 Å². The third-order valence-electron chi connectivity index (χ3n) is 4.76. The number of nitrogens with one attached hydrogen (secondary N) is 1. The molecule has 4 rings (SSSR count). The van der Waals surface area contributed by atoms with Crippen LogP contribution in [0.1, 0.15) is 28.2 Å². The molecule has 0 aromatic heterocycles. The maximum absolute atomic E-state index is 12.6. The minimum absolute atomic E-state index is 0.0629. The first-order valence-electron chi connectivity index (χ1n) is 9.78. The summed E-state index contributed by atoms with van der Waals surface area (Å²) in [7, 11) is 0. The molecule has 0 radical (unpaired) electrons. The SMILES string of the molecule is CCOc1ccc(N2C(=O)CS[C@@H]2c2cccc(NC(=O)c3ccccc3)c2)cc1. The van der Waals surface area contributed by atoms with Crippen LogP contribution in [0.4, 0.5) is 11.4 Å². The van der Waals surface area contributed by atoms with E-state index in [-0.39, 0.29) is 17.2 Å². The second-order valence-electron chi connectivity index (χ2n) is 6.80. The van der Waals surface area contributed by atoms with Crippen LogP contribution in [0.2, 0.25) is 0 Å². The van der Waals surface area contributed by atoms with Crippen molar-refractivity contribution in [3.63, 3.8) is 0 Å². The molecule has 6 heteroatoms. The van der Waals surface area contributed by atoms with Gasteiger partial charge in [-0.05, 0) is 61.0 Å². The average Bonchev–Trinajstić information content (AvgIpc) is 3.17. The van der Waals surface area contributed by atoms with Crippen LogP contribution in [0.15, 0.2) is 78.9 Å². The average molecular weight is 419 g/mol. The Morgan fingerprint density at radius 3 is 2.57 bits per heavy atom. The molecule has 1 saturated heterocycles. The van der Waals surface area contributed by atoms with E-state index < -0.39 is 0 Å². The van der Waals surface area contributed by atoms with E-state index in [4.69, 9.17) is 4.74 Å². The highest BCUT2D eigenvalue weighted by atomic mass is 32.2. The normalized spacial score (nSPS) is 15.8. The molecule has 1 N–H and O–H groups in total. The monoisotopic (exact) mass is 418 g/mol. The van der Waals surface area contributed by atoms with Crippen molar-refractivity contribution in [2.75, 3.05) is 22.6 Å². The molecule has 1 fully saturated rings. The zero-order chi connectivity index (χ0) is 20.9. The number of hydrogen-bond acceptors (Lipinski definition) is 4. The van der Waals surface area contributed by atoms with Crippen molar-refractivity contribution in [1.82, 2.24) is 0 Å². The van der Waals surface area contributed by atoms with Crippen molar-refractivity contribution >= 4 is 35.0 Å². The molecule has 0 saturated carbocycles. The Morgan fingerprint density at radius 1 is 1.07 bits per heavy atom. The second kappa shape index (κ2) is 9.05. The van der Waals surface area contributed by atoms with Crippen molar-refractivity contribution in [3.8, 4) is 5.75 Å². The Labute approximate surface area is 180 Å². The molecule has 1 atom stereocenters. The molecular weight excluding hydrogens is 396 g/mol. The fourth-order valence-electron chi connectivity index (χ4n) is 3.38. The first-order valence-corrected chi connectivity index (χ1v) is 10.8. The maximum Gasteiger partial charge on any atom is 0.255 e. The van der Waals surface area contributed by atoms with Crippen LogP contribution in [0.3, 0.4) is 0 Å². The number of anilines is 2. The van der Waals surface area contributed by atoms with E-state index in [1.807, 2.05) is 73.7 Å². The quantitative estimate of drug-likeness (QED) is 0.604. The van der Waals surface area contributed by atoms with Crippen molar-refractivity contribution in [2.45, 2.75) is 12.3 Å². The molecule has 5 nitrogen and oxygen atoms in total. The van der Waals surface area contributed by atoms with Gasteiger partial charge in [-0.15, -0.1) is 11.8 Å². The van der Waals surface area contributed by atoms with Crippen molar-refractivity contribution in [1.29, 1.82) is 0 Å². The van der Waals surface area contributed by atoms with Crippen molar-refractivity contribution in [2.24, 2.45) is 0 Å². The molecule has 1 heterocycles.